The number of hydrogen-bond donors (Lipinski definition) is 1. The highest BCUT2D eigenvalue weighted by Gasteiger charge is 2.29. The van der Waals surface area contributed by atoms with E-state index in [1.807, 2.05) is 6.92 Å². The minimum atomic E-state index is -4.13. The van der Waals surface area contributed by atoms with Crippen molar-refractivity contribution in [2.75, 3.05) is 29.9 Å². The van der Waals surface area contributed by atoms with Crippen molar-refractivity contribution in [2.24, 2.45) is 0 Å². The van der Waals surface area contributed by atoms with E-state index in [1.54, 1.807) is 43.3 Å². The van der Waals surface area contributed by atoms with Crippen LogP contribution in [0.2, 0.25) is 5.02 Å². The number of anilines is 2. The van der Waals surface area contributed by atoms with Gasteiger partial charge >= 0.3 is 5.97 Å². The number of para-hydroxylation sites is 2. The lowest BCUT2D eigenvalue weighted by atomic mass is 10.2. The van der Waals surface area contributed by atoms with Crippen LogP contribution in [0.25, 0.3) is 0 Å². The Bertz CT molecular complexity index is 1330. The van der Waals surface area contributed by atoms with E-state index in [0.29, 0.717) is 0 Å². The van der Waals surface area contributed by atoms with Gasteiger partial charge in [-0.2, -0.15) is 0 Å². The van der Waals surface area contributed by atoms with Gasteiger partial charge in [-0.15, -0.1) is 0 Å². The number of nitrogens with zero attached hydrogens (tertiary/aromatic N) is 1. The molecule has 1 amide bonds. The fraction of sp³-hybridized carbons (Fsp3) is 0.200. The average molecular weight is 517 g/mol. The summed E-state index contributed by atoms with van der Waals surface area (Å²) in [7, 11) is -2.71. The predicted molar refractivity (Wildman–Crippen MR) is 135 cm³/mol. The number of aryl methyl sites for hydroxylation is 1. The Labute approximate surface area is 209 Å². The number of carbonyl (C=O) groups is 2. The van der Waals surface area contributed by atoms with Crippen LogP contribution < -0.4 is 14.4 Å². The van der Waals surface area contributed by atoms with Crippen LogP contribution in [0.15, 0.2) is 71.6 Å². The summed E-state index contributed by atoms with van der Waals surface area (Å²) in [5, 5.41) is 2.71. The quantitative estimate of drug-likeness (QED) is 0.415. The Morgan fingerprint density at radius 3 is 2.34 bits per heavy atom. The van der Waals surface area contributed by atoms with E-state index in [1.165, 1.54) is 37.4 Å². The number of carbonyl (C=O) groups excluding carboxylic acids is 2. The number of methoxy groups -OCH3 is 1. The third-order valence-corrected chi connectivity index (χ3v) is 7.09. The first-order valence-corrected chi connectivity index (χ1v) is 12.5. The van der Waals surface area contributed by atoms with Gasteiger partial charge in [0, 0.05) is 0 Å². The number of esters is 1. The van der Waals surface area contributed by atoms with Crippen molar-refractivity contribution in [1.82, 2.24) is 0 Å². The van der Waals surface area contributed by atoms with E-state index in [2.05, 4.69) is 5.32 Å². The molecule has 8 nitrogen and oxygen atoms in total. The number of hydrogen-bond acceptors (Lipinski definition) is 6. The zero-order chi connectivity index (χ0) is 25.6. The van der Waals surface area contributed by atoms with Gasteiger partial charge in [0.2, 0.25) is 5.91 Å². The van der Waals surface area contributed by atoms with Crippen molar-refractivity contribution in [3.63, 3.8) is 0 Å². The molecule has 0 unspecified atom stereocenters. The van der Waals surface area contributed by atoms with Crippen LogP contribution in [0.3, 0.4) is 0 Å². The summed E-state index contributed by atoms with van der Waals surface area (Å²) < 4.78 is 38.4. The highest BCUT2D eigenvalue weighted by atomic mass is 35.5. The molecular weight excluding hydrogens is 492 g/mol. The topological polar surface area (TPSA) is 102 Å². The molecule has 0 aliphatic carbocycles. The summed E-state index contributed by atoms with van der Waals surface area (Å²) in [4.78, 5) is 24.9. The standard InChI is InChI=1S/C25H25ClN2O6S/c1-4-34-25(30)18-11-14-21(20(26)15-18)27-24(29)16-28(22-7-5-6-8-23(22)33-3)35(31,32)19-12-9-17(2)10-13-19/h5-15H,4,16H2,1-3H3,(H,27,29). The van der Waals surface area contributed by atoms with E-state index in [0.717, 1.165) is 9.87 Å². The molecule has 184 valence electrons. The third kappa shape index (κ3) is 6.12. The molecule has 3 aromatic rings. The van der Waals surface area contributed by atoms with Crippen LogP contribution in [0.5, 0.6) is 5.75 Å². The van der Waals surface area contributed by atoms with E-state index >= 15 is 0 Å². The lowest BCUT2D eigenvalue weighted by molar-refractivity contribution is -0.114. The molecular formula is C25H25ClN2O6S. The molecule has 0 saturated heterocycles. The number of amides is 1. The lowest BCUT2D eigenvalue weighted by Crippen LogP contribution is -2.38. The Balaban J connectivity index is 1.93. The van der Waals surface area contributed by atoms with E-state index < -0.39 is 28.4 Å². The maximum absolute atomic E-state index is 13.6. The SMILES string of the molecule is CCOC(=O)c1ccc(NC(=O)CN(c2ccccc2OC)S(=O)(=O)c2ccc(C)cc2)c(Cl)c1. The smallest absolute Gasteiger partial charge is 0.338 e. The first kappa shape index (κ1) is 26.1. The van der Waals surface area contributed by atoms with Gasteiger partial charge in [0.25, 0.3) is 10.0 Å². The van der Waals surface area contributed by atoms with Gasteiger partial charge in [0.05, 0.1) is 40.6 Å². The highest BCUT2D eigenvalue weighted by Crippen LogP contribution is 2.32. The third-order valence-electron chi connectivity index (χ3n) is 5.00. The second-order valence-corrected chi connectivity index (χ2v) is 9.73. The fourth-order valence-corrected chi connectivity index (χ4v) is 4.91. The molecule has 0 aromatic heterocycles. The molecule has 1 N–H and O–H groups in total. The molecule has 0 spiro atoms. The Kier molecular flexibility index (Phi) is 8.37. The molecule has 0 fully saturated rings. The minimum absolute atomic E-state index is 0.0265. The largest absolute Gasteiger partial charge is 0.495 e. The molecule has 0 atom stereocenters. The van der Waals surface area contributed by atoms with Gasteiger partial charge in [-0.25, -0.2) is 13.2 Å². The van der Waals surface area contributed by atoms with E-state index in [9.17, 15) is 18.0 Å². The number of sulfonamides is 1. The van der Waals surface area contributed by atoms with Crippen molar-refractivity contribution in [3.05, 3.63) is 82.9 Å². The molecule has 3 rings (SSSR count). The van der Waals surface area contributed by atoms with Crippen LogP contribution in [0, 0.1) is 6.92 Å². The summed E-state index contributed by atoms with van der Waals surface area (Å²) in [6.07, 6.45) is 0. The van der Waals surface area contributed by atoms with E-state index in [-0.39, 0.29) is 39.2 Å². The van der Waals surface area contributed by atoms with Gasteiger partial charge in [-0.05, 0) is 56.3 Å². The monoisotopic (exact) mass is 516 g/mol. The van der Waals surface area contributed by atoms with Crippen molar-refractivity contribution in [1.29, 1.82) is 0 Å². The van der Waals surface area contributed by atoms with Crippen molar-refractivity contribution < 1.29 is 27.5 Å². The molecule has 0 heterocycles. The molecule has 0 radical (unpaired) electrons. The van der Waals surface area contributed by atoms with Gasteiger partial charge in [0.15, 0.2) is 0 Å². The van der Waals surface area contributed by atoms with Gasteiger partial charge in [-0.1, -0.05) is 41.4 Å². The fourth-order valence-electron chi connectivity index (χ4n) is 3.25. The Morgan fingerprint density at radius 2 is 1.71 bits per heavy atom. The summed E-state index contributed by atoms with van der Waals surface area (Å²) >= 11 is 6.25. The van der Waals surface area contributed by atoms with Crippen molar-refractivity contribution >= 4 is 44.9 Å². The van der Waals surface area contributed by atoms with Crippen LogP contribution in [0.1, 0.15) is 22.8 Å². The predicted octanol–water partition coefficient (Wildman–Crippen LogP) is 4.67. The maximum Gasteiger partial charge on any atom is 0.338 e. The maximum atomic E-state index is 13.6. The van der Waals surface area contributed by atoms with Crippen molar-refractivity contribution in [2.45, 2.75) is 18.7 Å². The number of rotatable bonds is 9. The van der Waals surface area contributed by atoms with Gasteiger partial charge in [-0.3, -0.25) is 9.10 Å². The second-order valence-electron chi connectivity index (χ2n) is 7.46. The number of nitrogens with one attached hydrogen (secondary N) is 1. The Hall–Kier alpha value is -3.56. The van der Waals surface area contributed by atoms with Gasteiger partial charge < -0.3 is 14.8 Å². The van der Waals surface area contributed by atoms with Crippen LogP contribution in [-0.4, -0.2) is 40.6 Å². The van der Waals surface area contributed by atoms with E-state index in [4.69, 9.17) is 21.1 Å². The van der Waals surface area contributed by atoms with Crippen LogP contribution in [0.4, 0.5) is 11.4 Å². The second kappa shape index (κ2) is 11.2. The summed E-state index contributed by atoms with van der Waals surface area (Å²) in [5.74, 6) is -0.899. The van der Waals surface area contributed by atoms with Crippen molar-refractivity contribution in [3.8, 4) is 5.75 Å². The number of benzene rings is 3. The van der Waals surface area contributed by atoms with Gasteiger partial charge in [0.1, 0.15) is 12.3 Å². The molecule has 3 aromatic carbocycles. The highest BCUT2D eigenvalue weighted by molar-refractivity contribution is 7.92. The molecule has 35 heavy (non-hydrogen) atoms. The Morgan fingerprint density at radius 1 is 1.03 bits per heavy atom. The lowest BCUT2D eigenvalue weighted by Gasteiger charge is -2.25. The molecule has 10 heteroatoms. The molecule has 0 bridgehead atoms. The number of ether oxygens (including phenoxy) is 2. The summed E-state index contributed by atoms with van der Waals surface area (Å²) in [6.45, 7) is 3.20. The number of halogens is 1. The molecule has 0 saturated carbocycles. The first-order chi connectivity index (χ1) is 16.7. The normalized spacial score (nSPS) is 11.0. The zero-order valence-electron chi connectivity index (χ0n) is 19.4. The molecule has 0 aliphatic heterocycles. The summed E-state index contributed by atoms with van der Waals surface area (Å²) in [5.41, 5.74) is 1.55. The van der Waals surface area contributed by atoms with Crippen LogP contribution >= 0.6 is 11.6 Å². The summed E-state index contributed by atoms with van der Waals surface area (Å²) in [6, 6.07) is 17.1. The first-order valence-electron chi connectivity index (χ1n) is 10.7. The minimum Gasteiger partial charge on any atom is -0.495 e. The van der Waals surface area contributed by atoms with Crippen LogP contribution in [-0.2, 0) is 19.6 Å². The average Bonchev–Trinajstić information content (AvgIpc) is 2.84. The zero-order valence-corrected chi connectivity index (χ0v) is 21.0. The molecule has 0 aliphatic rings.